The van der Waals surface area contributed by atoms with Gasteiger partial charge in [-0.05, 0) is 49.6 Å². The summed E-state index contributed by atoms with van der Waals surface area (Å²) in [7, 11) is 0. The first kappa shape index (κ1) is 30.8. The van der Waals surface area contributed by atoms with Crippen LogP contribution in [-0.2, 0) is 11.2 Å². The molecular formula is C34H32ClF3N8O2S. The van der Waals surface area contributed by atoms with Crippen molar-refractivity contribution in [2.75, 3.05) is 36.5 Å². The van der Waals surface area contributed by atoms with Gasteiger partial charge in [0.05, 0.1) is 32.0 Å². The van der Waals surface area contributed by atoms with Gasteiger partial charge in [-0.15, -0.1) is 0 Å². The van der Waals surface area contributed by atoms with Crippen molar-refractivity contribution < 1.29 is 22.6 Å². The zero-order valence-electron chi connectivity index (χ0n) is 26.1. The highest BCUT2D eigenvalue weighted by molar-refractivity contribution is 7.22. The van der Waals surface area contributed by atoms with Crippen LogP contribution in [0, 0.1) is 17.6 Å². The van der Waals surface area contributed by atoms with Gasteiger partial charge in [0.2, 0.25) is 0 Å². The SMILES string of the molecule is Nc1nc2c(-c3c(F)c4c5c(c3Cl)N[C@@H]3C[C@H](NC5=N3)C(Cc3cccnc3N)/C=C(/OC[C@@]35CCCN3C[C@H](F)C5)O4)ccc(F)c2s1. The Hall–Kier alpha value is -4.27. The molecule has 15 heteroatoms. The number of fused-ring (bicyclic) bond motifs is 4. The van der Waals surface area contributed by atoms with Crippen LogP contribution >= 0.6 is 22.9 Å². The lowest BCUT2D eigenvalue weighted by atomic mass is 9.87. The predicted octanol–water partition coefficient (Wildman–Crippen LogP) is 6.00. The van der Waals surface area contributed by atoms with Gasteiger partial charge in [-0.1, -0.05) is 29.0 Å². The lowest BCUT2D eigenvalue weighted by molar-refractivity contribution is 0.0264. The minimum atomic E-state index is -0.947. The predicted molar refractivity (Wildman–Crippen MR) is 183 cm³/mol. The number of nitrogens with two attached hydrogens (primary N) is 2. The number of pyridine rings is 1. The molecule has 49 heavy (non-hydrogen) atoms. The van der Waals surface area contributed by atoms with Gasteiger partial charge in [0.25, 0.3) is 5.95 Å². The molecule has 6 N–H and O–H groups in total. The molecule has 5 aliphatic rings. The first-order chi connectivity index (χ1) is 23.7. The summed E-state index contributed by atoms with van der Waals surface area (Å²) in [4.78, 5) is 15.6. The number of benzene rings is 2. The van der Waals surface area contributed by atoms with E-state index in [4.69, 9.17) is 37.5 Å². The van der Waals surface area contributed by atoms with Crippen LogP contribution in [0.4, 0.5) is 29.8 Å². The molecule has 1 unspecified atom stereocenters. The Morgan fingerprint density at radius 1 is 1.18 bits per heavy atom. The molecular weight excluding hydrogens is 677 g/mol. The number of nitrogens with one attached hydrogen (secondary N) is 2. The monoisotopic (exact) mass is 708 g/mol. The number of hydrogen-bond donors (Lipinski definition) is 4. The highest BCUT2D eigenvalue weighted by Gasteiger charge is 2.50. The zero-order valence-corrected chi connectivity index (χ0v) is 27.7. The summed E-state index contributed by atoms with van der Waals surface area (Å²) in [6, 6.07) is 6.25. The number of alkyl halides is 1. The van der Waals surface area contributed by atoms with Crippen molar-refractivity contribution in [2.45, 2.75) is 56.0 Å². The highest BCUT2D eigenvalue weighted by atomic mass is 35.5. The first-order valence-electron chi connectivity index (χ1n) is 16.3. The number of thiazole rings is 1. The summed E-state index contributed by atoms with van der Waals surface area (Å²) in [5.74, 6) is -0.840. The standard InChI is InChI=1S/C34H32ClF3N8O2S/c35-25-23(18-4-5-19(37)30-27(18)45-33(40)49-30)26(38)29-24-28(25)43-21-11-20(42-32(24)44-21)16(9-15-3-1-7-41-31(15)39)10-22(48-29)47-14-34-6-2-8-46(34)13-17(36)12-34/h1,3-5,7,10,16-17,20-21,43H,2,6,8-9,11-14H2,(H2,39,41)(H2,40,45)(H,42,44)/b22-10-/t16?,17-,20+,21+,34+/m1/s1. The van der Waals surface area contributed by atoms with E-state index in [1.807, 2.05) is 18.2 Å². The minimum absolute atomic E-state index is 0.0229. The summed E-state index contributed by atoms with van der Waals surface area (Å²) in [6.45, 7) is 1.32. The number of anilines is 3. The molecule has 5 aliphatic heterocycles. The molecule has 254 valence electrons. The zero-order chi connectivity index (χ0) is 33.6. The van der Waals surface area contributed by atoms with Crippen LogP contribution in [0.15, 0.2) is 47.5 Å². The van der Waals surface area contributed by atoms with Crippen molar-refractivity contribution >= 4 is 55.6 Å². The highest BCUT2D eigenvalue weighted by Crippen LogP contribution is 2.50. The third-order valence-electron chi connectivity index (χ3n) is 10.4. The van der Waals surface area contributed by atoms with E-state index >= 15 is 4.39 Å². The van der Waals surface area contributed by atoms with Gasteiger partial charge in [-0.2, -0.15) is 0 Å². The summed E-state index contributed by atoms with van der Waals surface area (Å²) in [6.07, 6.45) is 5.26. The minimum Gasteiger partial charge on any atom is -0.463 e. The number of halogens is 4. The molecule has 10 nitrogen and oxygen atoms in total. The van der Waals surface area contributed by atoms with E-state index < -0.39 is 29.5 Å². The molecule has 2 aromatic heterocycles. The van der Waals surface area contributed by atoms with E-state index in [1.165, 1.54) is 12.1 Å². The normalized spacial score (nSPS) is 28.0. The molecule has 2 aromatic carbocycles. The molecule has 0 saturated carbocycles. The van der Waals surface area contributed by atoms with Crippen LogP contribution in [0.3, 0.4) is 0 Å². The fraction of sp³-hybridized carbons (Fsp3) is 0.382. The Kier molecular flexibility index (Phi) is 7.15. The van der Waals surface area contributed by atoms with Gasteiger partial charge < -0.3 is 31.6 Å². The van der Waals surface area contributed by atoms with Crippen molar-refractivity contribution in [3.05, 3.63) is 70.3 Å². The molecule has 0 spiro atoms. The smallest absolute Gasteiger partial charge is 0.281 e. The number of rotatable bonds is 6. The van der Waals surface area contributed by atoms with Crippen molar-refractivity contribution in [1.29, 1.82) is 0 Å². The van der Waals surface area contributed by atoms with Crippen LogP contribution in [0.2, 0.25) is 5.02 Å². The van der Waals surface area contributed by atoms with E-state index in [0.29, 0.717) is 48.7 Å². The Labute approximate surface area is 288 Å². The number of nitrogen functional groups attached to an aromatic ring is 2. The van der Waals surface area contributed by atoms with E-state index in [9.17, 15) is 8.78 Å². The fourth-order valence-electron chi connectivity index (χ4n) is 8.19. The number of ether oxygens (including phenoxy) is 2. The van der Waals surface area contributed by atoms with Crippen LogP contribution in [0.1, 0.15) is 36.8 Å². The van der Waals surface area contributed by atoms with Crippen LogP contribution in [-0.4, -0.2) is 64.3 Å². The largest absolute Gasteiger partial charge is 0.463 e. The number of nitrogens with zero attached hydrogens (tertiary/aromatic N) is 4. The first-order valence-corrected chi connectivity index (χ1v) is 17.5. The molecule has 0 radical (unpaired) electrons. The fourth-order valence-corrected chi connectivity index (χ4v) is 9.29. The van der Waals surface area contributed by atoms with E-state index in [2.05, 4.69) is 25.5 Å². The lowest BCUT2D eigenvalue weighted by Crippen LogP contribution is -2.50. The number of aromatic nitrogens is 2. The molecule has 7 heterocycles. The van der Waals surface area contributed by atoms with Crippen molar-refractivity contribution in [2.24, 2.45) is 10.9 Å². The molecule has 0 aliphatic carbocycles. The average molecular weight is 709 g/mol. The molecule has 4 aromatic rings. The van der Waals surface area contributed by atoms with Crippen LogP contribution < -0.4 is 26.8 Å². The molecule has 5 atom stereocenters. The second kappa shape index (κ2) is 11.4. The molecule has 2 fully saturated rings. The summed E-state index contributed by atoms with van der Waals surface area (Å²) in [5.41, 5.74) is 13.8. The quantitative estimate of drug-likeness (QED) is 0.190. The van der Waals surface area contributed by atoms with Crippen molar-refractivity contribution in [3.63, 3.8) is 0 Å². The Morgan fingerprint density at radius 2 is 2.06 bits per heavy atom. The third-order valence-corrected chi connectivity index (χ3v) is 11.7. The van der Waals surface area contributed by atoms with Crippen molar-refractivity contribution in [1.82, 2.24) is 20.2 Å². The lowest BCUT2D eigenvalue weighted by Gasteiger charge is -2.38. The van der Waals surface area contributed by atoms with Crippen LogP contribution in [0.5, 0.6) is 5.75 Å². The summed E-state index contributed by atoms with van der Waals surface area (Å²) in [5, 5.41) is 7.16. The topological polar surface area (TPSA) is 136 Å². The molecule has 3 bridgehead atoms. The van der Waals surface area contributed by atoms with Gasteiger partial charge in [0.15, 0.2) is 16.7 Å². The van der Waals surface area contributed by atoms with E-state index in [-0.39, 0.29) is 61.8 Å². The Bertz CT molecular complexity index is 2090. The Morgan fingerprint density at radius 3 is 2.92 bits per heavy atom. The van der Waals surface area contributed by atoms with Crippen molar-refractivity contribution in [3.8, 4) is 16.9 Å². The summed E-state index contributed by atoms with van der Waals surface area (Å²) >= 11 is 8.03. The van der Waals surface area contributed by atoms with Gasteiger partial charge >= 0.3 is 0 Å². The second-order valence-electron chi connectivity index (χ2n) is 13.4. The molecule has 0 amide bonds. The van der Waals surface area contributed by atoms with Gasteiger partial charge in [-0.25, -0.2) is 28.1 Å². The Balaban J connectivity index is 1.20. The maximum atomic E-state index is 17.2. The van der Waals surface area contributed by atoms with E-state index in [0.717, 1.165) is 36.3 Å². The molecule has 9 rings (SSSR count). The number of amidine groups is 1. The van der Waals surface area contributed by atoms with Crippen LogP contribution in [0.25, 0.3) is 21.3 Å². The van der Waals surface area contributed by atoms with E-state index in [1.54, 1.807) is 6.20 Å². The maximum Gasteiger partial charge on any atom is 0.281 e. The van der Waals surface area contributed by atoms with Gasteiger partial charge in [-0.3, -0.25) is 4.90 Å². The molecule has 2 saturated heterocycles. The number of hydrogen-bond acceptors (Lipinski definition) is 11. The number of aliphatic imine (C=N–C) groups is 1. The third kappa shape index (κ3) is 4.97. The average Bonchev–Trinajstić information content (AvgIpc) is 3.75. The second-order valence-corrected chi connectivity index (χ2v) is 14.8. The van der Waals surface area contributed by atoms with Gasteiger partial charge in [0.1, 0.15) is 36.4 Å². The maximum absolute atomic E-state index is 17.2. The van der Waals surface area contributed by atoms with Gasteiger partial charge in [0, 0.05) is 54.7 Å². The summed E-state index contributed by atoms with van der Waals surface area (Å²) < 4.78 is 60.0.